The largest absolute Gasteiger partial charge is 0.381 e. The summed E-state index contributed by atoms with van der Waals surface area (Å²) in [7, 11) is 0. The number of benzene rings is 2. The van der Waals surface area contributed by atoms with Crippen LogP contribution < -0.4 is 5.69 Å². The van der Waals surface area contributed by atoms with Crippen molar-refractivity contribution in [1.82, 2.24) is 49.3 Å². The van der Waals surface area contributed by atoms with Crippen molar-refractivity contribution in [3.05, 3.63) is 95.5 Å². The Morgan fingerprint density at radius 3 is 2.43 bits per heavy atom. The molecule has 0 aliphatic rings. The second-order valence-corrected chi connectivity index (χ2v) is 7.79. The lowest BCUT2D eigenvalue weighted by molar-refractivity contribution is -0.0381. The highest BCUT2D eigenvalue weighted by atomic mass is 19.1. The van der Waals surface area contributed by atoms with Crippen LogP contribution in [0.25, 0.3) is 11.4 Å². The molecule has 5 aromatic rings. The molecule has 1 N–H and O–H groups in total. The van der Waals surface area contributed by atoms with E-state index in [1.165, 1.54) is 46.3 Å². The Morgan fingerprint density at radius 1 is 1.00 bits per heavy atom. The summed E-state index contributed by atoms with van der Waals surface area (Å²) in [6.07, 6.45) is 5.18. The summed E-state index contributed by atoms with van der Waals surface area (Å²) >= 11 is 0. The number of hydrogen-bond donors (Lipinski definition) is 1. The molecule has 0 bridgehead atoms. The van der Waals surface area contributed by atoms with Crippen LogP contribution in [0.4, 0.5) is 8.78 Å². The monoisotopic (exact) mass is 480 g/mol. The molecule has 3 heterocycles. The Hall–Kier alpha value is -4.59. The van der Waals surface area contributed by atoms with E-state index < -0.39 is 29.0 Å². The zero-order valence-corrected chi connectivity index (χ0v) is 18.2. The van der Waals surface area contributed by atoms with Crippen LogP contribution in [0.5, 0.6) is 0 Å². The van der Waals surface area contributed by atoms with Crippen molar-refractivity contribution in [1.29, 1.82) is 0 Å². The summed E-state index contributed by atoms with van der Waals surface area (Å²) in [6, 6.07) is 8.47. The van der Waals surface area contributed by atoms with Gasteiger partial charge >= 0.3 is 5.69 Å². The van der Waals surface area contributed by atoms with Crippen molar-refractivity contribution in [2.45, 2.75) is 25.1 Å². The molecule has 35 heavy (non-hydrogen) atoms. The lowest BCUT2D eigenvalue weighted by Gasteiger charge is -2.34. The molecule has 0 fully saturated rings. The highest BCUT2D eigenvalue weighted by Gasteiger charge is 2.41. The van der Waals surface area contributed by atoms with Crippen molar-refractivity contribution in [2.75, 3.05) is 0 Å². The van der Waals surface area contributed by atoms with Crippen LogP contribution >= 0.6 is 0 Å². The van der Waals surface area contributed by atoms with Crippen LogP contribution in [0, 0.1) is 11.6 Å². The predicted molar refractivity (Wildman–Crippen MR) is 116 cm³/mol. The highest BCUT2D eigenvalue weighted by Crippen LogP contribution is 2.35. The first-order chi connectivity index (χ1) is 16.9. The van der Waals surface area contributed by atoms with Crippen molar-refractivity contribution < 1.29 is 13.9 Å². The molecule has 12 nitrogen and oxygen atoms in total. The summed E-state index contributed by atoms with van der Waals surface area (Å²) in [5.41, 5.74) is -1.70. The quantitative estimate of drug-likeness (QED) is 0.365. The van der Waals surface area contributed by atoms with Gasteiger partial charge in [0.15, 0.2) is 6.33 Å². The highest BCUT2D eigenvalue weighted by molar-refractivity contribution is 5.40. The fraction of sp³-hybridized carbons (Fsp3) is 0.190. The zero-order chi connectivity index (χ0) is 24.6. The molecule has 0 amide bonds. The van der Waals surface area contributed by atoms with Gasteiger partial charge in [0, 0.05) is 11.6 Å². The van der Waals surface area contributed by atoms with E-state index in [0.29, 0.717) is 17.4 Å². The molecule has 5 rings (SSSR count). The normalized spacial score (nSPS) is 14.1. The van der Waals surface area contributed by atoms with Crippen LogP contribution in [0.1, 0.15) is 18.5 Å². The molecule has 0 aliphatic carbocycles. The smallest absolute Gasteiger partial charge is 0.350 e. The van der Waals surface area contributed by atoms with E-state index in [0.717, 1.165) is 16.8 Å². The van der Waals surface area contributed by atoms with Gasteiger partial charge in [0.25, 0.3) is 0 Å². The molecule has 0 saturated carbocycles. The van der Waals surface area contributed by atoms with Crippen LogP contribution in [0.15, 0.2) is 72.6 Å². The van der Waals surface area contributed by atoms with Gasteiger partial charge in [-0.05, 0) is 42.5 Å². The standard InChI is InChI=1S/C21H18F2N10O2/c1-14(21(35,9-30-12-24-10-26-30)18-7-2-15(22)8-19(18)23)32-20(34)31(13-28-32)16-3-5-17(6-4-16)33-27-11-25-29-33/h2-8,10-14,35H,9H2,1H3/t14-,21-/m1/s1. The number of rotatable bonds is 7. The summed E-state index contributed by atoms with van der Waals surface area (Å²) in [6.45, 7) is 1.24. The van der Waals surface area contributed by atoms with E-state index in [1.807, 2.05) is 0 Å². The van der Waals surface area contributed by atoms with Gasteiger partial charge in [-0.2, -0.15) is 10.2 Å². The summed E-state index contributed by atoms with van der Waals surface area (Å²) in [5.74, 6) is -1.77. The SMILES string of the molecule is C[C@@H](n1ncn(-c2ccc(-n3ncnn3)cc2)c1=O)[C@](O)(Cn1cncn1)c1ccc(F)cc1F. The molecule has 0 saturated heterocycles. The maximum absolute atomic E-state index is 14.8. The number of tetrazole rings is 1. The maximum Gasteiger partial charge on any atom is 0.350 e. The first-order valence-electron chi connectivity index (χ1n) is 10.4. The van der Waals surface area contributed by atoms with E-state index in [4.69, 9.17) is 0 Å². The van der Waals surface area contributed by atoms with Gasteiger partial charge in [0.2, 0.25) is 0 Å². The van der Waals surface area contributed by atoms with Gasteiger partial charge in [-0.3, -0.25) is 0 Å². The van der Waals surface area contributed by atoms with Gasteiger partial charge in [-0.1, -0.05) is 6.07 Å². The third-order valence-corrected chi connectivity index (χ3v) is 5.73. The van der Waals surface area contributed by atoms with Crippen molar-refractivity contribution >= 4 is 0 Å². The second kappa shape index (κ2) is 8.64. The Labute approximate surface area is 195 Å². The molecule has 2 aromatic carbocycles. The summed E-state index contributed by atoms with van der Waals surface area (Å²) < 4.78 is 32.0. The minimum absolute atomic E-state index is 0.215. The molecule has 14 heteroatoms. The predicted octanol–water partition coefficient (Wildman–Crippen LogP) is 1.03. The van der Waals surface area contributed by atoms with Crippen LogP contribution in [0.3, 0.4) is 0 Å². The third kappa shape index (κ3) is 3.99. The van der Waals surface area contributed by atoms with Crippen LogP contribution in [-0.4, -0.2) is 54.4 Å². The fourth-order valence-electron chi connectivity index (χ4n) is 3.84. The Kier molecular flexibility index (Phi) is 5.49. The maximum atomic E-state index is 14.8. The van der Waals surface area contributed by atoms with E-state index in [-0.39, 0.29) is 12.1 Å². The van der Waals surface area contributed by atoms with Crippen LogP contribution in [0.2, 0.25) is 0 Å². The number of aromatic nitrogens is 10. The molecule has 0 aliphatic heterocycles. The average molecular weight is 480 g/mol. The summed E-state index contributed by atoms with van der Waals surface area (Å²) in [4.78, 5) is 18.4. The lowest BCUT2D eigenvalue weighted by Crippen LogP contribution is -2.44. The number of halogens is 2. The van der Waals surface area contributed by atoms with Crippen LogP contribution in [-0.2, 0) is 12.1 Å². The van der Waals surface area contributed by atoms with Gasteiger partial charge in [0.05, 0.1) is 24.0 Å². The van der Waals surface area contributed by atoms with E-state index in [9.17, 15) is 18.7 Å². The number of nitrogens with zero attached hydrogens (tertiary/aromatic N) is 10. The first-order valence-corrected chi connectivity index (χ1v) is 10.4. The summed E-state index contributed by atoms with van der Waals surface area (Å²) in [5, 5.41) is 31.3. The van der Waals surface area contributed by atoms with Gasteiger partial charge < -0.3 is 5.11 Å². The number of aliphatic hydroxyl groups is 1. The molecule has 0 radical (unpaired) electrons. The molecule has 0 unspecified atom stereocenters. The molecule has 0 spiro atoms. The van der Waals surface area contributed by atoms with Crippen molar-refractivity contribution in [2.24, 2.45) is 0 Å². The molecular formula is C21H18F2N10O2. The number of hydrogen-bond acceptors (Lipinski definition) is 8. The average Bonchev–Trinajstić information content (AvgIpc) is 3.61. The lowest BCUT2D eigenvalue weighted by atomic mass is 9.86. The molecular weight excluding hydrogens is 462 g/mol. The fourth-order valence-corrected chi connectivity index (χ4v) is 3.84. The Morgan fingerprint density at radius 2 is 1.77 bits per heavy atom. The third-order valence-electron chi connectivity index (χ3n) is 5.73. The minimum atomic E-state index is -2.03. The van der Waals surface area contributed by atoms with E-state index in [1.54, 1.807) is 24.3 Å². The van der Waals surface area contributed by atoms with Gasteiger partial charge in [-0.15, -0.1) is 15.0 Å². The van der Waals surface area contributed by atoms with Crippen molar-refractivity contribution in [3.8, 4) is 11.4 Å². The minimum Gasteiger partial charge on any atom is -0.381 e. The zero-order valence-electron chi connectivity index (χ0n) is 18.2. The first kappa shape index (κ1) is 22.2. The Bertz CT molecular complexity index is 1500. The molecule has 178 valence electrons. The topological polar surface area (TPSA) is 134 Å². The van der Waals surface area contributed by atoms with Crippen molar-refractivity contribution in [3.63, 3.8) is 0 Å². The molecule has 2 atom stereocenters. The molecule has 3 aromatic heterocycles. The Balaban J connectivity index is 1.53. The van der Waals surface area contributed by atoms with Gasteiger partial charge in [-0.25, -0.2) is 32.5 Å². The van der Waals surface area contributed by atoms with E-state index in [2.05, 4.69) is 30.6 Å². The second-order valence-electron chi connectivity index (χ2n) is 7.79. The van der Waals surface area contributed by atoms with Gasteiger partial charge in [0.1, 0.15) is 36.2 Å². The van der Waals surface area contributed by atoms with E-state index >= 15 is 0 Å².